The van der Waals surface area contributed by atoms with Gasteiger partial charge in [0.1, 0.15) is 0 Å². The van der Waals surface area contributed by atoms with Crippen LogP contribution in [0.5, 0.6) is 0 Å². The molecule has 2 rings (SSSR count). The zero-order chi connectivity index (χ0) is 15.3. The van der Waals surface area contributed by atoms with Crippen molar-refractivity contribution in [3.63, 3.8) is 0 Å². The Morgan fingerprint density at radius 2 is 1.95 bits per heavy atom. The van der Waals surface area contributed by atoms with E-state index in [9.17, 15) is 13.2 Å². The molecular weight excluding hydrogens is 290 g/mol. The minimum absolute atomic E-state index is 0.109. The highest BCUT2D eigenvalue weighted by Crippen LogP contribution is 2.18. The van der Waals surface area contributed by atoms with Gasteiger partial charge in [-0.2, -0.15) is 0 Å². The topological polar surface area (TPSA) is 83.5 Å². The van der Waals surface area contributed by atoms with Crippen LogP contribution in [-0.2, 0) is 21.2 Å². The first-order valence-corrected chi connectivity index (χ1v) is 8.41. The lowest BCUT2D eigenvalue weighted by atomic mass is 9.95. The summed E-state index contributed by atoms with van der Waals surface area (Å²) in [5, 5.41) is 8.69. The first kappa shape index (κ1) is 15.7. The molecule has 0 aliphatic heterocycles. The maximum absolute atomic E-state index is 12.2. The van der Waals surface area contributed by atoms with E-state index < -0.39 is 16.0 Å². The lowest BCUT2D eigenvalue weighted by Crippen LogP contribution is -2.29. The average Bonchev–Trinajstić information content (AvgIpc) is 2.46. The monoisotopic (exact) mass is 309 g/mol. The first-order chi connectivity index (χ1) is 9.97. The van der Waals surface area contributed by atoms with Crippen molar-refractivity contribution in [2.75, 3.05) is 6.54 Å². The molecule has 0 spiro atoms. The minimum Gasteiger partial charge on any atom is -0.481 e. The first-order valence-electron chi connectivity index (χ1n) is 6.93. The van der Waals surface area contributed by atoms with Crippen LogP contribution in [0.4, 0.5) is 0 Å². The Morgan fingerprint density at radius 1 is 1.24 bits per heavy atom. The Hall–Kier alpha value is -1.66. The molecule has 1 unspecified atom stereocenters. The second-order valence-electron chi connectivity index (χ2n) is 5.22. The minimum atomic E-state index is -3.53. The van der Waals surface area contributed by atoms with Gasteiger partial charge in [-0.3, -0.25) is 4.79 Å². The molecule has 0 bridgehead atoms. The largest absolute Gasteiger partial charge is 0.481 e. The van der Waals surface area contributed by atoms with Gasteiger partial charge >= 0.3 is 5.97 Å². The zero-order valence-electron chi connectivity index (χ0n) is 11.7. The van der Waals surface area contributed by atoms with Crippen LogP contribution in [0.15, 0.2) is 41.3 Å². The van der Waals surface area contributed by atoms with Crippen molar-refractivity contribution in [1.82, 2.24) is 4.72 Å². The van der Waals surface area contributed by atoms with Gasteiger partial charge in [0.15, 0.2) is 0 Å². The Kier molecular flexibility index (Phi) is 5.14. The fraction of sp³-hybridized carbons (Fsp3) is 0.400. The summed E-state index contributed by atoms with van der Waals surface area (Å²) in [6.07, 6.45) is 6.99. The van der Waals surface area contributed by atoms with Gasteiger partial charge in [-0.25, -0.2) is 13.1 Å². The Balaban J connectivity index is 1.98. The Labute approximate surface area is 124 Å². The van der Waals surface area contributed by atoms with E-state index in [4.69, 9.17) is 5.11 Å². The summed E-state index contributed by atoms with van der Waals surface area (Å²) in [6.45, 7) is 0.434. The predicted molar refractivity (Wildman–Crippen MR) is 79.5 cm³/mol. The van der Waals surface area contributed by atoms with Crippen LogP contribution in [0.1, 0.15) is 24.8 Å². The van der Waals surface area contributed by atoms with Gasteiger partial charge in [-0.15, -0.1) is 0 Å². The molecule has 0 amide bonds. The van der Waals surface area contributed by atoms with Crippen LogP contribution >= 0.6 is 0 Å². The summed E-state index contributed by atoms with van der Waals surface area (Å²) in [4.78, 5) is 10.8. The number of aliphatic carboxylic acids is 1. The van der Waals surface area contributed by atoms with Crippen molar-refractivity contribution in [1.29, 1.82) is 0 Å². The summed E-state index contributed by atoms with van der Waals surface area (Å²) < 4.78 is 27.0. The molecule has 0 saturated heterocycles. The maximum Gasteiger partial charge on any atom is 0.307 e. The fourth-order valence-electron chi connectivity index (χ4n) is 2.31. The highest BCUT2D eigenvalue weighted by atomic mass is 32.2. The van der Waals surface area contributed by atoms with Crippen molar-refractivity contribution in [2.24, 2.45) is 5.92 Å². The third-order valence-corrected chi connectivity index (χ3v) is 4.97. The third-order valence-electron chi connectivity index (χ3n) is 3.53. The van der Waals surface area contributed by atoms with E-state index in [-0.39, 0.29) is 11.3 Å². The number of hydrogen-bond donors (Lipinski definition) is 2. The standard InChI is InChI=1S/C15H19NO4S/c17-15(18)10-12-6-8-14(9-7-12)21(19,20)16-11-13-4-2-1-3-5-13/h1-2,6-9,13,16H,3-5,10-11H2,(H,17,18). The second-order valence-corrected chi connectivity index (χ2v) is 6.98. The molecule has 6 heteroatoms. The van der Waals surface area contributed by atoms with Crippen LogP contribution in [0.2, 0.25) is 0 Å². The lowest BCUT2D eigenvalue weighted by Gasteiger charge is -2.18. The molecule has 0 radical (unpaired) electrons. The number of hydrogen-bond acceptors (Lipinski definition) is 3. The molecule has 1 aliphatic carbocycles. The fourth-order valence-corrected chi connectivity index (χ4v) is 3.43. The van der Waals surface area contributed by atoms with Gasteiger partial charge in [0.25, 0.3) is 0 Å². The van der Waals surface area contributed by atoms with E-state index in [1.54, 1.807) is 0 Å². The second kappa shape index (κ2) is 6.87. The molecular formula is C15H19NO4S. The summed E-state index contributed by atoms with van der Waals surface area (Å²) >= 11 is 0. The average molecular weight is 309 g/mol. The Bertz CT molecular complexity index is 620. The van der Waals surface area contributed by atoms with Crippen LogP contribution in [0.3, 0.4) is 0 Å². The van der Waals surface area contributed by atoms with Gasteiger partial charge in [0.2, 0.25) is 10.0 Å². The van der Waals surface area contributed by atoms with Crippen molar-refractivity contribution in [2.45, 2.75) is 30.6 Å². The molecule has 0 saturated carbocycles. The summed E-state index contributed by atoms with van der Waals surface area (Å²) in [6, 6.07) is 5.96. The molecule has 114 valence electrons. The van der Waals surface area contributed by atoms with Crippen LogP contribution in [0, 0.1) is 5.92 Å². The van der Waals surface area contributed by atoms with Crippen molar-refractivity contribution >= 4 is 16.0 Å². The molecule has 0 heterocycles. The number of nitrogens with one attached hydrogen (secondary N) is 1. The summed E-state index contributed by atoms with van der Waals surface area (Å²) in [5.74, 6) is -0.592. The summed E-state index contributed by atoms with van der Waals surface area (Å²) in [5.41, 5.74) is 0.582. The molecule has 1 aliphatic rings. The predicted octanol–water partition coefficient (Wildman–Crippen LogP) is 1.95. The van der Waals surface area contributed by atoms with Crippen molar-refractivity contribution in [3.8, 4) is 0 Å². The number of carboxylic acids is 1. The Morgan fingerprint density at radius 3 is 2.52 bits per heavy atom. The van der Waals surface area contributed by atoms with E-state index in [1.807, 2.05) is 0 Å². The molecule has 1 aromatic carbocycles. The molecule has 2 N–H and O–H groups in total. The molecule has 1 aromatic rings. The maximum atomic E-state index is 12.2. The van der Waals surface area contributed by atoms with E-state index in [2.05, 4.69) is 16.9 Å². The van der Waals surface area contributed by atoms with Crippen molar-refractivity contribution < 1.29 is 18.3 Å². The number of sulfonamides is 1. The van der Waals surface area contributed by atoms with Gasteiger partial charge in [-0.1, -0.05) is 24.3 Å². The molecule has 5 nitrogen and oxygen atoms in total. The summed E-state index contributed by atoms with van der Waals surface area (Å²) in [7, 11) is -3.53. The van der Waals surface area contributed by atoms with Gasteiger partial charge in [-0.05, 0) is 42.9 Å². The quantitative estimate of drug-likeness (QED) is 0.787. The van der Waals surface area contributed by atoms with Gasteiger partial charge < -0.3 is 5.11 Å². The van der Waals surface area contributed by atoms with Crippen LogP contribution < -0.4 is 4.72 Å². The lowest BCUT2D eigenvalue weighted by molar-refractivity contribution is -0.136. The molecule has 21 heavy (non-hydrogen) atoms. The zero-order valence-corrected chi connectivity index (χ0v) is 12.5. The number of benzene rings is 1. The molecule has 1 atom stereocenters. The van der Waals surface area contributed by atoms with Crippen LogP contribution in [0.25, 0.3) is 0 Å². The number of carbonyl (C=O) groups is 1. The molecule has 0 aromatic heterocycles. The normalized spacial score (nSPS) is 18.6. The van der Waals surface area contributed by atoms with Gasteiger partial charge in [0.05, 0.1) is 11.3 Å². The SMILES string of the molecule is O=C(O)Cc1ccc(S(=O)(=O)NCC2CC=CCC2)cc1. The van der Waals surface area contributed by atoms with E-state index in [0.717, 1.165) is 19.3 Å². The highest BCUT2D eigenvalue weighted by molar-refractivity contribution is 7.89. The number of carboxylic acid groups (broad SMARTS) is 1. The number of rotatable bonds is 6. The third kappa shape index (κ3) is 4.68. The van der Waals surface area contributed by atoms with Crippen LogP contribution in [-0.4, -0.2) is 26.0 Å². The smallest absolute Gasteiger partial charge is 0.307 e. The number of allylic oxidation sites excluding steroid dienone is 2. The van der Waals surface area contributed by atoms with E-state index in [0.29, 0.717) is 18.0 Å². The molecule has 0 fully saturated rings. The van der Waals surface area contributed by atoms with E-state index >= 15 is 0 Å². The highest BCUT2D eigenvalue weighted by Gasteiger charge is 2.17. The van der Waals surface area contributed by atoms with Gasteiger partial charge in [0, 0.05) is 6.54 Å². The van der Waals surface area contributed by atoms with Crippen molar-refractivity contribution in [3.05, 3.63) is 42.0 Å². The van der Waals surface area contributed by atoms with E-state index in [1.165, 1.54) is 24.3 Å².